The number of carbonyl (C=O) groups excluding carboxylic acids is 2. The maximum Gasteiger partial charge on any atom is 0.251 e. The minimum absolute atomic E-state index is 0.0740. The summed E-state index contributed by atoms with van der Waals surface area (Å²) < 4.78 is 6.45. The first-order valence-electron chi connectivity index (χ1n) is 12.9. The van der Waals surface area contributed by atoms with Crippen molar-refractivity contribution in [3.8, 4) is 11.1 Å². The summed E-state index contributed by atoms with van der Waals surface area (Å²) in [5.41, 5.74) is 2.71. The Morgan fingerprint density at radius 2 is 1.94 bits per heavy atom. The fourth-order valence-corrected chi connectivity index (χ4v) is 6.68. The van der Waals surface area contributed by atoms with Crippen molar-refractivity contribution in [3.05, 3.63) is 59.0 Å². The SMILES string of the molecule is CCOCCCNC(=O)c1cccc(-c2cccc3cc(C(=O)C[C@H]4CN5CCC4CC5)sc23)c1. The highest BCUT2D eigenvalue weighted by Gasteiger charge is 2.35. The van der Waals surface area contributed by atoms with E-state index in [0.29, 0.717) is 43.6 Å². The second-order valence-corrected chi connectivity index (χ2v) is 10.8. The van der Waals surface area contributed by atoms with Crippen LogP contribution in [0.2, 0.25) is 0 Å². The van der Waals surface area contributed by atoms with Crippen molar-refractivity contribution >= 4 is 33.1 Å². The topological polar surface area (TPSA) is 58.6 Å². The number of thiophene rings is 1. The highest BCUT2D eigenvalue weighted by molar-refractivity contribution is 7.21. The van der Waals surface area contributed by atoms with Crippen LogP contribution in [-0.4, -0.2) is 56.0 Å². The summed E-state index contributed by atoms with van der Waals surface area (Å²) >= 11 is 1.59. The Morgan fingerprint density at radius 1 is 1.11 bits per heavy atom. The smallest absolute Gasteiger partial charge is 0.251 e. The summed E-state index contributed by atoms with van der Waals surface area (Å²) in [5.74, 6) is 1.41. The molecule has 0 aliphatic carbocycles. The number of hydrogen-bond acceptors (Lipinski definition) is 5. The van der Waals surface area contributed by atoms with Gasteiger partial charge in [-0.1, -0.05) is 30.3 Å². The van der Waals surface area contributed by atoms with Gasteiger partial charge in [-0.25, -0.2) is 0 Å². The number of benzene rings is 2. The standard InChI is InChI=1S/C29H34N2O3S/c1-2-34-15-5-12-30-29(33)23-8-3-6-21(16-23)25-9-4-7-22-18-27(35-28(22)25)26(32)17-24-19-31-13-10-20(24)11-14-31/h3-4,6-9,16,18,20,24H,2,5,10-15,17,19H2,1H3,(H,30,33)/t24-/m0/s1. The molecule has 3 saturated heterocycles. The van der Waals surface area contributed by atoms with Gasteiger partial charge >= 0.3 is 0 Å². The Hall–Kier alpha value is -2.54. The molecule has 1 atom stereocenters. The molecule has 0 unspecified atom stereocenters. The normalized spacial score (nSPS) is 21.3. The van der Waals surface area contributed by atoms with Gasteiger partial charge in [0.15, 0.2) is 5.78 Å². The van der Waals surface area contributed by atoms with Gasteiger partial charge in [0.25, 0.3) is 5.91 Å². The third kappa shape index (κ3) is 5.50. The number of fused-ring (bicyclic) bond motifs is 4. The molecule has 35 heavy (non-hydrogen) atoms. The van der Waals surface area contributed by atoms with Gasteiger partial charge in [0, 0.05) is 43.0 Å². The predicted molar refractivity (Wildman–Crippen MR) is 142 cm³/mol. The molecule has 3 fully saturated rings. The Kier molecular flexibility index (Phi) is 7.61. The minimum Gasteiger partial charge on any atom is -0.382 e. The molecule has 3 aromatic rings. The molecule has 5 nitrogen and oxygen atoms in total. The molecule has 0 saturated carbocycles. The van der Waals surface area contributed by atoms with Crippen LogP contribution in [-0.2, 0) is 4.74 Å². The second-order valence-electron chi connectivity index (χ2n) is 9.75. The number of nitrogens with one attached hydrogen (secondary N) is 1. The van der Waals surface area contributed by atoms with E-state index in [0.717, 1.165) is 39.1 Å². The fourth-order valence-electron chi connectivity index (χ4n) is 5.54. The van der Waals surface area contributed by atoms with Crippen LogP contribution in [0.5, 0.6) is 0 Å². The Morgan fingerprint density at radius 3 is 2.71 bits per heavy atom. The van der Waals surface area contributed by atoms with Gasteiger partial charge < -0.3 is 15.0 Å². The fraction of sp³-hybridized carbons (Fsp3) is 0.448. The van der Waals surface area contributed by atoms with E-state index >= 15 is 0 Å². The van der Waals surface area contributed by atoms with Gasteiger partial charge in [-0.3, -0.25) is 9.59 Å². The van der Waals surface area contributed by atoms with Gasteiger partial charge in [-0.05, 0) is 85.8 Å². The molecule has 6 heteroatoms. The highest BCUT2D eigenvalue weighted by Crippen LogP contribution is 2.38. The number of amides is 1. The first-order valence-corrected chi connectivity index (χ1v) is 13.7. The number of piperidine rings is 3. The van der Waals surface area contributed by atoms with Crippen molar-refractivity contribution in [1.82, 2.24) is 10.2 Å². The van der Waals surface area contributed by atoms with Gasteiger partial charge in [0.05, 0.1) is 4.88 Å². The zero-order chi connectivity index (χ0) is 24.2. The number of carbonyl (C=O) groups is 2. The van der Waals surface area contributed by atoms with Crippen LogP contribution < -0.4 is 5.32 Å². The Balaban J connectivity index is 1.32. The van der Waals surface area contributed by atoms with E-state index < -0.39 is 0 Å². The lowest BCUT2D eigenvalue weighted by atomic mass is 9.76. The van der Waals surface area contributed by atoms with Crippen LogP contribution in [0.3, 0.4) is 0 Å². The molecular weight excluding hydrogens is 456 g/mol. The lowest BCUT2D eigenvalue weighted by molar-refractivity contribution is 0.0442. The minimum atomic E-state index is -0.0740. The number of Topliss-reactive ketones (excluding diaryl/α,β-unsaturated/α-hetero) is 1. The quantitative estimate of drug-likeness (QED) is 0.295. The molecule has 184 valence electrons. The summed E-state index contributed by atoms with van der Waals surface area (Å²) in [6.07, 6.45) is 3.93. The lowest BCUT2D eigenvalue weighted by Crippen LogP contribution is -2.47. The molecular formula is C29H34N2O3S. The van der Waals surface area contributed by atoms with E-state index in [9.17, 15) is 9.59 Å². The molecule has 3 aliphatic rings. The van der Waals surface area contributed by atoms with E-state index in [1.54, 1.807) is 11.3 Å². The molecule has 1 amide bonds. The molecule has 3 aliphatic heterocycles. The number of hydrogen-bond donors (Lipinski definition) is 1. The van der Waals surface area contributed by atoms with Crippen molar-refractivity contribution in [1.29, 1.82) is 0 Å². The van der Waals surface area contributed by atoms with Crippen LogP contribution in [0.15, 0.2) is 48.5 Å². The van der Waals surface area contributed by atoms with Crippen molar-refractivity contribution in [2.45, 2.75) is 32.6 Å². The van der Waals surface area contributed by atoms with Crippen LogP contribution in [0, 0.1) is 11.8 Å². The molecule has 0 radical (unpaired) electrons. The summed E-state index contributed by atoms with van der Waals surface area (Å²) in [6.45, 7) is 7.38. The zero-order valence-corrected chi connectivity index (χ0v) is 21.2. The Bertz CT molecular complexity index is 1200. The predicted octanol–water partition coefficient (Wildman–Crippen LogP) is 5.64. The monoisotopic (exact) mass is 490 g/mol. The molecule has 1 N–H and O–H groups in total. The first kappa shape index (κ1) is 24.2. The van der Waals surface area contributed by atoms with E-state index in [4.69, 9.17) is 4.74 Å². The number of ether oxygens (including phenoxy) is 1. The highest BCUT2D eigenvalue weighted by atomic mass is 32.1. The summed E-state index contributed by atoms with van der Waals surface area (Å²) in [6, 6.07) is 16.0. The third-order valence-corrected chi connectivity index (χ3v) is 8.67. The van der Waals surface area contributed by atoms with Crippen LogP contribution in [0.4, 0.5) is 0 Å². The summed E-state index contributed by atoms with van der Waals surface area (Å²) in [4.78, 5) is 29.3. The average molecular weight is 491 g/mol. The first-order chi connectivity index (χ1) is 17.1. The molecule has 2 bridgehead atoms. The van der Waals surface area contributed by atoms with Gasteiger partial charge in [0.1, 0.15) is 0 Å². The Labute approximate surface area is 211 Å². The van der Waals surface area contributed by atoms with E-state index in [1.807, 2.05) is 37.3 Å². The van der Waals surface area contributed by atoms with Crippen LogP contribution in [0.25, 0.3) is 21.2 Å². The zero-order valence-electron chi connectivity index (χ0n) is 20.4. The number of rotatable bonds is 10. The van der Waals surface area contributed by atoms with Gasteiger partial charge in [-0.15, -0.1) is 11.3 Å². The van der Waals surface area contributed by atoms with E-state index in [-0.39, 0.29) is 11.7 Å². The van der Waals surface area contributed by atoms with Gasteiger partial charge in [-0.2, -0.15) is 0 Å². The summed E-state index contributed by atoms with van der Waals surface area (Å²) in [7, 11) is 0. The molecule has 6 rings (SSSR count). The van der Waals surface area contributed by atoms with Crippen molar-refractivity contribution in [2.24, 2.45) is 11.8 Å². The lowest BCUT2D eigenvalue weighted by Gasteiger charge is -2.44. The maximum atomic E-state index is 13.2. The average Bonchev–Trinajstić information content (AvgIpc) is 3.34. The van der Waals surface area contributed by atoms with Crippen molar-refractivity contribution in [2.75, 3.05) is 39.4 Å². The molecule has 1 aromatic heterocycles. The third-order valence-electron chi connectivity index (χ3n) is 7.45. The molecule has 4 heterocycles. The molecule has 0 spiro atoms. The van der Waals surface area contributed by atoms with Crippen molar-refractivity contribution < 1.29 is 14.3 Å². The largest absolute Gasteiger partial charge is 0.382 e. The van der Waals surface area contributed by atoms with Crippen LogP contribution in [0.1, 0.15) is 52.6 Å². The van der Waals surface area contributed by atoms with Crippen LogP contribution >= 0.6 is 11.3 Å². The van der Waals surface area contributed by atoms with Crippen molar-refractivity contribution in [3.63, 3.8) is 0 Å². The van der Waals surface area contributed by atoms with Gasteiger partial charge in [0.2, 0.25) is 0 Å². The van der Waals surface area contributed by atoms with E-state index in [1.165, 1.54) is 25.9 Å². The van der Waals surface area contributed by atoms with E-state index in [2.05, 4.69) is 28.4 Å². The number of ketones is 1. The molecule has 2 aromatic carbocycles. The summed E-state index contributed by atoms with van der Waals surface area (Å²) in [5, 5.41) is 4.07. The number of nitrogens with zero attached hydrogens (tertiary/aromatic N) is 1. The second kappa shape index (κ2) is 11.0. The maximum absolute atomic E-state index is 13.2.